The summed E-state index contributed by atoms with van der Waals surface area (Å²) >= 11 is 0. The van der Waals surface area contributed by atoms with Crippen molar-refractivity contribution in [3.05, 3.63) is 65.4 Å². The van der Waals surface area contributed by atoms with E-state index in [1.165, 1.54) is 46.9 Å². The molecule has 2 aliphatic rings. The molecule has 1 heteroatoms. The summed E-state index contributed by atoms with van der Waals surface area (Å²) in [6, 6.07) is 16.7. The van der Waals surface area contributed by atoms with Crippen molar-refractivity contribution in [3.8, 4) is 11.3 Å². The molecule has 5 rings (SSSR count). The number of pyridine rings is 1. The minimum Gasteiger partial charge on any atom is -0.192 e. The molecule has 0 radical (unpaired) electrons. The van der Waals surface area contributed by atoms with Crippen LogP contribution in [0.2, 0.25) is 0 Å². The number of hydrogen-bond donors (Lipinski definition) is 0. The molecule has 1 aromatic heterocycles. The molecule has 0 bridgehead atoms. The molecule has 1 unspecified atom stereocenters. The predicted octanol–water partition coefficient (Wildman–Crippen LogP) is 8.17. The van der Waals surface area contributed by atoms with Crippen molar-refractivity contribution in [1.29, 1.82) is 0 Å². The van der Waals surface area contributed by atoms with E-state index >= 15 is 0 Å². The first-order chi connectivity index (χ1) is 15.2. The minimum absolute atomic E-state index is 0.136. The third-order valence-electron chi connectivity index (χ3n) is 9.25. The summed E-state index contributed by atoms with van der Waals surface area (Å²) in [6.45, 7) is 16.9. The SMILES string of the molecule is CCC1c2ccccc2-c2cc3cc4c(cc3c[n+]2C1(CC)CC)C(C)(C)CCC4(C)C. The van der Waals surface area contributed by atoms with Gasteiger partial charge in [-0.3, -0.25) is 0 Å². The van der Waals surface area contributed by atoms with Gasteiger partial charge in [0.15, 0.2) is 11.7 Å². The number of rotatable bonds is 3. The van der Waals surface area contributed by atoms with Crippen molar-refractivity contribution in [3.63, 3.8) is 0 Å². The van der Waals surface area contributed by atoms with E-state index in [0.717, 1.165) is 12.8 Å². The molecule has 32 heavy (non-hydrogen) atoms. The van der Waals surface area contributed by atoms with E-state index in [4.69, 9.17) is 0 Å². The van der Waals surface area contributed by atoms with Gasteiger partial charge in [-0.25, -0.2) is 0 Å². The van der Waals surface area contributed by atoms with Gasteiger partial charge in [0.25, 0.3) is 0 Å². The zero-order valence-corrected chi connectivity index (χ0v) is 21.2. The summed E-state index contributed by atoms with van der Waals surface area (Å²) in [4.78, 5) is 0. The first-order valence-corrected chi connectivity index (χ1v) is 12.8. The first kappa shape index (κ1) is 21.7. The average Bonchev–Trinajstić information content (AvgIpc) is 2.79. The second kappa shape index (κ2) is 7.17. The van der Waals surface area contributed by atoms with Gasteiger partial charge in [-0.05, 0) is 70.4 Å². The van der Waals surface area contributed by atoms with Gasteiger partial charge >= 0.3 is 0 Å². The number of benzene rings is 2. The van der Waals surface area contributed by atoms with E-state index < -0.39 is 0 Å². The Labute approximate surface area is 194 Å². The molecule has 1 aliphatic heterocycles. The zero-order valence-electron chi connectivity index (χ0n) is 21.2. The monoisotopic (exact) mass is 426 g/mol. The molecule has 3 aromatic rings. The third kappa shape index (κ3) is 2.86. The van der Waals surface area contributed by atoms with Gasteiger partial charge in [-0.1, -0.05) is 66.7 Å². The van der Waals surface area contributed by atoms with Crippen molar-refractivity contribution in [2.24, 2.45) is 0 Å². The smallest absolute Gasteiger partial charge is 0.192 e. The molecule has 1 nitrogen and oxygen atoms in total. The standard InChI is InChI=1S/C31H40N/c1-8-25-23-13-11-12-14-24(23)28-19-21-17-26-27(30(6,7)16-15-29(26,4)5)18-22(21)20-32(28)31(25,9-2)10-3/h11-14,17-20,25H,8-10,15-16H2,1-7H3/q+1. The molecular formula is C31H40N+. The Kier molecular flexibility index (Phi) is 4.86. The van der Waals surface area contributed by atoms with Crippen molar-refractivity contribution in [1.82, 2.24) is 0 Å². The minimum atomic E-state index is 0.136. The van der Waals surface area contributed by atoms with Crippen molar-refractivity contribution < 1.29 is 4.57 Å². The van der Waals surface area contributed by atoms with Gasteiger partial charge in [0.2, 0.25) is 5.69 Å². The predicted molar refractivity (Wildman–Crippen MR) is 136 cm³/mol. The van der Waals surface area contributed by atoms with E-state index in [1.54, 1.807) is 11.1 Å². The molecule has 2 aromatic carbocycles. The Morgan fingerprint density at radius 3 is 2.00 bits per heavy atom. The highest BCUT2D eigenvalue weighted by molar-refractivity contribution is 5.87. The van der Waals surface area contributed by atoms with E-state index in [1.807, 2.05) is 0 Å². The number of aromatic nitrogens is 1. The van der Waals surface area contributed by atoms with Gasteiger partial charge in [-0.15, -0.1) is 0 Å². The number of hydrogen-bond acceptors (Lipinski definition) is 0. The van der Waals surface area contributed by atoms with Crippen LogP contribution in [-0.2, 0) is 16.4 Å². The Morgan fingerprint density at radius 2 is 1.41 bits per heavy atom. The molecule has 0 saturated carbocycles. The van der Waals surface area contributed by atoms with Gasteiger partial charge < -0.3 is 0 Å². The van der Waals surface area contributed by atoms with Crippen molar-refractivity contribution >= 4 is 10.8 Å². The van der Waals surface area contributed by atoms with Gasteiger partial charge in [0, 0.05) is 35.8 Å². The lowest BCUT2D eigenvalue weighted by molar-refractivity contribution is -0.761. The van der Waals surface area contributed by atoms with Crippen LogP contribution in [0.4, 0.5) is 0 Å². The summed E-state index contributed by atoms with van der Waals surface area (Å²) in [5.74, 6) is 0.552. The number of nitrogens with zero attached hydrogens (tertiary/aromatic N) is 1. The number of fused-ring (bicyclic) bond motifs is 5. The second-order valence-corrected chi connectivity index (χ2v) is 11.7. The maximum atomic E-state index is 2.68. The van der Waals surface area contributed by atoms with Crippen LogP contribution < -0.4 is 4.57 Å². The highest BCUT2D eigenvalue weighted by Gasteiger charge is 2.50. The van der Waals surface area contributed by atoms with E-state index in [2.05, 4.69) is 102 Å². The topological polar surface area (TPSA) is 3.88 Å². The fourth-order valence-electron chi connectivity index (χ4n) is 7.06. The van der Waals surface area contributed by atoms with Crippen LogP contribution in [-0.4, -0.2) is 0 Å². The summed E-state index contributed by atoms with van der Waals surface area (Å²) in [5.41, 5.74) is 8.09. The highest BCUT2D eigenvalue weighted by atomic mass is 15.1. The molecule has 2 heterocycles. The second-order valence-electron chi connectivity index (χ2n) is 11.7. The lowest BCUT2D eigenvalue weighted by Gasteiger charge is -2.42. The fourth-order valence-corrected chi connectivity index (χ4v) is 7.06. The van der Waals surface area contributed by atoms with Crippen LogP contribution in [0.5, 0.6) is 0 Å². The van der Waals surface area contributed by atoms with Gasteiger partial charge in [0.05, 0.1) is 0 Å². The van der Waals surface area contributed by atoms with Crippen LogP contribution in [0, 0.1) is 0 Å². The Morgan fingerprint density at radius 1 is 0.812 bits per heavy atom. The van der Waals surface area contributed by atoms with Crippen molar-refractivity contribution in [2.45, 2.75) is 103 Å². The van der Waals surface area contributed by atoms with Gasteiger partial charge in [-0.2, -0.15) is 4.57 Å². The van der Waals surface area contributed by atoms with Gasteiger partial charge in [0.1, 0.15) is 0 Å². The Bertz CT molecular complexity index is 1190. The van der Waals surface area contributed by atoms with Crippen LogP contribution in [0.1, 0.15) is 103 Å². The van der Waals surface area contributed by atoms with E-state index in [0.29, 0.717) is 5.92 Å². The Balaban J connectivity index is 1.86. The first-order valence-electron chi connectivity index (χ1n) is 12.8. The summed E-state index contributed by atoms with van der Waals surface area (Å²) in [6.07, 6.45) is 8.51. The summed E-state index contributed by atoms with van der Waals surface area (Å²) < 4.78 is 2.68. The highest BCUT2D eigenvalue weighted by Crippen LogP contribution is 2.49. The molecule has 0 spiro atoms. The molecular weight excluding hydrogens is 386 g/mol. The fraction of sp³-hybridized carbons (Fsp3) is 0.516. The van der Waals surface area contributed by atoms with Crippen LogP contribution in [0.15, 0.2) is 48.7 Å². The molecule has 168 valence electrons. The van der Waals surface area contributed by atoms with Crippen LogP contribution in [0.25, 0.3) is 22.0 Å². The average molecular weight is 427 g/mol. The maximum Gasteiger partial charge on any atom is 0.213 e. The van der Waals surface area contributed by atoms with Crippen LogP contribution >= 0.6 is 0 Å². The van der Waals surface area contributed by atoms with Crippen LogP contribution in [0.3, 0.4) is 0 Å². The van der Waals surface area contributed by atoms with Crippen molar-refractivity contribution in [2.75, 3.05) is 0 Å². The quantitative estimate of drug-likeness (QED) is 0.372. The molecule has 0 fully saturated rings. The lowest BCUT2D eigenvalue weighted by atomic mass is 9.62. The molecule has 0 saturated heterocycles. The summed E-state index contributed by atoms with van der Waals surface area (Å²) in [5, 5.41) is 2.80. The molecule has 0 amide bonds. The maximum absolute atomic E-state index is 2.68. The molecule has 1 aliphatic carbocycles. The van der Waals surface area contributed by atoms with E-state index in [9.17, 15) is 0 Å². The molecule has 0 N–H and O–H groups in total. The Hall–Kier alpha value is -2.15. The summed E-state index contributed by atoms with van der Waals surface area (Å²) in [7, 11) is 0. The largest absolute Gasteiger partial charge is 0.213 e. The van der Waals surface area contributed by atoms with E-state index in [-0.39, 0.29) is 16.4 Å². The normalized spacial score (nSPS) is 22.2. The lowest BCUT2D eigenvalue weighted by Crippen LogP contribution is -2.62. The zero-order chi connectivity index (χ0) is 22.9. The molecule has 1 atom stereocenters. The third-order valence-corrected chi connectivity index (χ3v) is 9.25.